The molecule has 1 amide bonds. The van der Waals surface area contributed by atoms with Crippen molar-refractivity contribution in [2.75, 3.05) is 5.32 Å². The van der Waals surface area contributed by atoms with E-state index in [2.05, 4.69) is 10.3 Å². The Bertz CT molecular complexity index is 539. The van der Waals surface area contributed by atoms with Crippen LogP contribution in [0.25, 0.3) is 0 Å². The predicted octanol–water partition coefficient (Wildman–Crippen LogP) is 2.77. The fourth-order valence-electron chi connectivity index (χ4n) is 1.67. The van der Waals surface area contributed by atoms with E-state index in [1.54, 1.807) is 18.3 Å². The molecule has 2 rings (SSSR count). The zero-order chi connectivity index (χ0) is 13.7. The number of hydrogen-bond acceptors (Lipinski definition) is 4. The summed E-state index contributed by atoms with van der Waals surface area (Å²) < 4.78 is 0. The molecule has 0 bridgehead atoms. The lowest BCUT2D eigenvalue weighted by Gasteiger charge is -2.09. The van der Waals surface area contributed by atoms with Crippen LogP contribution in [0.5, 0.6) is 0 Å². The van der Waals surface area contributed by atoms with E-state index in [0.29, 0.717) is 5.13 Å². The monoisotopic (exact) mass is 276 g/mol. The molecule has 2 aromatic rings. The smallest absolute Gasteiger partial charge is 0.229 e. The summed E-state index contributed by atoms with van der Waals surface area (Å²) >= 11 is 1.46. The molecule has 0 aliphatic heterocycles. The van der Waals surface area contributed by atoms with Crippen LogP contribution < -0.4 is 5.32 Å². The van der Waals surface area contributed by atoms with Gasteiger partial charge in [-0.3, -0.25) is 4.79 Å². The van der Waals surface area contributed by atoms with Crippen LogP contribution >= 0.6 is 11.3 Å². The molecule has 0 saturated heterocycles. The average Bonchev–Trinajstić information content (AvgIpc) is 2.87. The van der Waals surface area contributed by atoms with Crippen molar-refractivity contribution in [3.05, 3.63) is 47.0 Å². The molecule has 0 spiro atoms. The van der Waals surface area contributed by atoms with E-state index >= 15 is 0 Å². The van der Waals surface area contributed by atoms with Crippen LogP contribution in [-0.4, -0.2) is 16.0 Å². The lowest BCUT2D eigenvalue weighted by molar-refractivity contribution is -0.118. The van der Waals surface area contributed by atoms with Crippen molar-refractivity contribution in [2.45, 2.75) is 25.9 Å². The highest BCUT2D eigenvalue weighted by atomic mass is 32.1. The summed E-state index contributed by atoms with van der Waals surface area (Å²) in [5.41, 5.74) is 0.742. The Morgan fingerprint density at radius 1 is 1.42 bits per heavy atom. The Morgan fingerprint density at radius 3 is 2.79 bits per heavy atom. The van der Waals surface area contributed by atoms with Gasteiger partial charge < -0.3 is 10.4 Å². The molecule has 1 unspecified atom stereocenters. The molecule has 0 radical (unpaired) electrons. The minimum absolute atomic E-state index is 0.0328. The Kier molecular flexibility index (Phi) is 4.65. The minimum Gasteiger partial charge on any atom is -0.388 e. The number of aliphatic hydroxyl groups is 1. The number of carbonyl (C=O) groups excluding carboxylic acids is 1. The van der Waals surface area contributed by atoms with Crippen LogP contribution in [0.2, 0.25) is 0 Å². The summed E-state index contributed by atoms with van der Waals surface area (Å²) in [5.74, 6) is -0.228. The van der Waals surface area contributed by atoms with Gasteiger partial charge in [0.05, 0.1) is 12.5 Å². The standard InChI is InChI=1S/C14H16N2O2S/c1-2-11-9-15-14(19-11)16-13(18)8-12(17)10-6-4-3-5-7-10/h3-7,9,12,17H,2,8H2,1H3,(H,15,16,18). The van der Waals surface area contributed by atoms with Crippen molar-refractivity contribution < 1.29 is 9.90 Å². The number of aryl methyl sites for hydroxylation is 1. The molecule has 5 heteroatoms. The molecule has 19 heavy (non-hydrogen) atoms. The first-order chi connectivity index (χ1) is 9.19. The van der Waals surface area contributed by atoms with Crippen LogP contribution in [0.3, 0.4) is 0 Å². The van der Waals surface area contributed by atoms with Gasteiger partial charge in [-0.2, -0.15) is 0 Å². The van der Waals surface area contributed by atoms with Gasteiger partial charge in [-0.05, 0) is 12.0 Å². The Morgan fingerprint density at radius 2 is 2.16 bits per heavy atom. The van der Waals surface area contributed by atoms with Crippen LogP contribution in [0.1, 0.15) is 29.9 Å². The average molecular weight is 276 g/mol. The molecular weight excluding hydrogens is 260 g/mol. The van der Waals surface area contributed by atoms with E-state index in [9.17, 15) is 9.90 Å². The quantitative estimate of drug-likeness (QED) is 0.882. The number of carbonyl (C=O) groups is 1. The highest BCUT2D eigenvalue weighted by Crippen LogP contribution is 2.20. The number of nitrogens with one attached hydrogen (secondary N) is 1. The van der Waals surface area contributed by atoms with Gasteiger partial charge in [0, 0.05) is 11.1 Å². The molecule has 0 aliphatic rings. The summed E-state index contributed by atoms with van der Waals surface area (Å²) in [6, 6.07) is 9.15. The van der Waals surface area contributed by atoms with Crippen molar-refractivity contribution in [1.29, 1.82) is 0 Å². The Balaban J connectivity index is 1.91. The van der Waals surface area contributed by atoms with Gasteiger partial charge in [-0.25, -0.2) is 4.98 Å². The second kappa shape index (κ2) is 6.45. The maximum atomic E-state index is 11.8. The largest absolute Gasteiger partial charge is 0.388 e. The molecule has 100 valence electrons. The number of aromatic nitrogens is 1. The summed E-state index contributed by atoms with van der Waals surface area (Å²) in [6.07, 6.45) is 1.91. The molecule has 1 aromatic carbocycles. The first kappa shape index (κ1) is 13.7. The Hall–Kier alpha value is -1.72. The number of amides is 1. The zero-order valence-electron chi connectivity index (χ0n) is 10.7. The van der Waals surface area contributed by atoms with Gasteiger partial charge in [-0.15, -0.1) is 11.3 Å². The summed E-state index contributed by atoms with van der Waals surface area (Å²) in [7, 11) is 0. The third-order valence-electron chi connectivity index (χ3n) is 2.71. The number of aliphatic hydroxyl groups excluding tert-OH is 1. The first-order valence-electron chi connectivity index (χ1n) is 6.16. The first-order valence-corrected chi connectivity index (χ1v) is 6.98. The summed E-state index contributed by atoms with van der Waals surface area (Å²) in [6.45, 7) is 2.04. The third-order valence-corrected chi connectivity index (χ3v) is 3.77. The molecule has 4 nitrogen and oxygen atoms in total. The topological polar surface area (TPSA) is 62.2 Å². The van der Waals surface area contributed by atoms with E-state index in [1.807, 2.05) is 25.1 Å². The van der Waals surface area contributed by atoms with Crippen LogP contribution in [0.15, 0.2) is 36.5 Å². The van der Waals surface area contributed by atoms with Crippen LogP contribution in [0.4, 0.5) is 5.13 Å². The minimum atomic E-state index is -0.785. The molecule has 1 atom stereocenters. The van der Waals surface area contributed by atoms with E-state index in [-0.39, 0.29) is 12.3 Å². The van der Waals surface area contributed by atoms with Crippen molar-refractivity contribution in [3.8, 4) is 0 Å². The molecule has 0 aliphatic carbocycles. The number of rotatable bonds is 5. The number of nitrogens with zero attached hydrogens (tertiary/aromatic N) is 1. The lowest BCUT2D eigenvalue weighted by Crippen LogP contribution is -2.15. The van der Waals surface area contributed by atoms with Gasteiger partial charge >= 0.3 is 0 Å². The molecule has 0 fully saturated rings. The lowest BCUT2D eigenvalue weighted by atomic mass is 10.1. The van der Waals surface area contributed by atoms with Crippen LogP contribution in [-0.2, 0) is 11.2 Å². The third kappa shape index (κ3) is 3.87. The molecule has 1 heterocycles. The normalized spacial score (nSPS) is 12.1. The molecular formula is C14H16N2O2S. The van der Waals surface area contributed by atoms with E-state index in [0.717, 1.165) is 16.9 Å². The van der Waals surface area contributed by atoms with E-state index in [1.165, 1.54) is 11.3 Å². The van der Waals surface area contributed by atoms with Crippen molar-refractivity contribution in [1.82, 2.24) is 4.98 Å². The summed E-state index contributed by atoms with van der Waals surface area (Å²) in [5, 5.41) is 13.2. The number of thiazole rings is 1. The highest BCUT2D eigenvalue weighted by Gasteiger charge is 2.13. The van der Waals surface area contributed by atoms with Crippen molar-refractivity contribution >= 4 is 22.4 Å². The van der Waals surface area contributed by atoms with Crippen molar-refractivity contribution in [2.24, 2.45) is 0 Å². The second-order valence-electron chi connectivity index (χ2n) is 4.16. The van der Waals surface area contributed by atoms with Gasteiger partial charge in [0.25, 0.3) is 0 Å². The van der Waals surface area contributed by atoms with E-state index < -0.39 is 6.10 Å². The maximum Gasteiger partial charge on any atom is 0.229 e. The highest BCUT2D eigenvalue weighted by molar-refractivity contribution is 7.15. The molecule has 2 N–H and O–H groups in total. The van der Waals surface area contributed by atoms with Gasteiger partial charge in [0.2, 0.25) is 5.91 Å². The molecule has 1 aromatic heterocycles. The number of hydrogen-bond donors (Lipinski definition) is 2. The van der Waals surface area contributed by atoms with Crippen LogP contribution in [0, 0.1) is 0 Å². The van der Waals surface area contributed by atoms with Gasteiger partial charge in [0.1, 0.15) is 0 Å². The maximum absolute atomic E-state index is 11.8. The van der Waals surface area contributed by atoms with Gasteiger partial charge in [-0.1, -0.05) is 37.3 Å². The predicted molar refractivity (Wildman–Crippen MR) is 76.1 cm³/mol. The fraction of sp³-hybridized carbons (Fsp3) is 0.286. The Labute approximate surface area is 116 Å². The summed E-state index contributed by atoms with van der Waals surface area (Å²) in [4.78, 5) is 17.0. The SMILES string of the molecule is CCc1cnc(NC(=O)CC(O)c2ccccc2)s1. The van der Waals surface area contributed by atoms with Gasteiger partial charge in [0.15, 0.2) is 5.13 Å². The second-order valence-corrected chi connectivity index (χ2v) is 5.28. The zero-order valence-corrected chi connectivity index (χ0v) is 11.5. The fourth-order valence-corrected chi connectivity index (χ4v) is 2.44. The number of anilines is 1. The van der Waals surface area contributed by atoms with Crippen molar-refractivity contribution in [3.63, 3.8) is 0 Å². The molecule has 0 saturated carbocycles. The van der Waals surface area contributed by atoms with E-state index in [4.69, 9.17) is 0 Å². The number of benzene rings is 1.